The van der Waals surface area contributed by atoms with Crippen molar-refractivity contribution in [1.29, 1.82) is 0 Å². The first-order valence-corrected chi connectivity index (χ1v) is 4.77. The molecular formula is C11H11NO5. The van der Waals surface area contributed by atoms with Gasteiger partial charge in [0.25, 0.3) is 0 Å². The van der Waals surface area contributed by atoms with E-state index in [1.54, 1.807) is 24.3 Å². The van der Waals surface area contributed by atoms with E-state index in [2.05, 4.69) is 9.78 Å². The van der Waals surface area contributed by atoms with Crippen molar-refractivity contribution in [2.24, 2.45) is 0 Å². The lowest BCUT2D eigenvalue weighted by atomic mass is 10.2. The van der Waals surface area contributed by atoms with Crippen LogP contribution in [0.25, 0.3) is 6.08 Å². The van der Waals surface area contributed by atoms with Crippen LogP contribution >= 0.6 is 0 Å². The zero-order valence-electron chi connectivity index (χ0n) is 9.38. The molecule has 0 aliphatic heterocycles. The maximum Gasteiger partial charge on any atom is 0.352 e. The molecule has 0 spiro atoms. The lowest BCUT2D eigenvalue weighted by molar-refractivity contribution is -0.422. The molecule has 0 amide bonds. The van der Waals surface area contributed by atoms with Gasteiger partial charge in [0.2, 0.25) is 5.70 Å². The van der Waals surface area contributed by atoms with Crippen LogP contribution in [0.4, 0.5) is 0 Å². The van der Waals surface area contributed by atoms with Crippen LogP contribution in [-0.2, 0) is 9.68 Å². The third-order valence-electron chi connectivity index (χ3n) is 1.80. The predicted molar refractivity (Wildman–Crippen MR) is 59.5 cm³/mol. The number of carbonyl (C=O) groups excluding carboxylic acids is 1. The summed E-state index contributed by atoms with van der Waals surface area (Å²) in [5.41, 5.74) is 0.702. The van der Waals surface area contributed by atoms with Gasteiger partial charge in [-0.15, -0.1) is 0 Å². The summed E-state index contributed by atoms with van der Waals surface area (Å²) in [6.45, 7) is 2.63. The molecule has 6 heteroatoms. The fourth-order valence-electron chi connectivity index (χ4n) is 1.02. The second-order valence-corrected chi connectivity index (χ2v) is 3.27. The van der Waals surface area contributed by atoms with Crippen molar-refractivity contribution in [2.75, 3.05) is 0 Å². The molecule has 0 heterocycles. The van der Waals surface area contributed by atoms with Crippen molar-refractivity contribution in [3.05, 3.63) is 45.6 Å². The summed E-state index contributed by atoms with van der Waals surface area (Å²) >= 11 is 0. The molecule has 0 aliphatic carbocycles. The minimum atomic E-state index is -0.557. The number of rotatable bonds is 4. The highest BCUT2D eigenvalue weighted by Crippen LogP contribution is 2.14. The van der Waals surface area contributed by atoms with Crippen LogP contribution in [0.15, 0.2) is 30.0 Å². The van der Waals surface area contributed by atoms with Gasteiger partial charge in [-0.2, -0.15) is 0 Å². The lowest BCUT2D eigenvalue weighted by Gasteiger charge is -2.01. The highest BCUT2D eigenvalue weighted by atomic mass is 17.2. The first-order chi connectivity index (χ1) is 7.99. The number of carbonyl (C=O) groups is 1. The number of allylic oxidation sites excluding steroid dienone is 1. The second kappa shape index (κ2) is 5.64. The first-order valence-electron chi connectivity index (χ1n) is 4.77. The molecule has 1 aromatic carbocycles. The fourth-order valence-corrected chi connectivity index (χ4v) is 1.02. The largest absolute Gasteiger partial charge is 0.352 e. The van der Waals surface area contributed by atoms with Crippen LogP contribution in [0, 0.1) is 10.1 Å². The molecule has 1 rings (SSSR count). The van der Waals surface area contributed by atoms with E-state index in [-0.39, 0.29) is 5.70 Å². The molecule has 0 saturated heterocycles. The molecule has 1 aromatic rings. The minimum Gasteiger partial charge on any atom is -0.287 e. The van der Waals surface area contributed by atoms with E-state index in [4.69, 9.17) is 0 Å². The number of benzene rings is 1. The molecule has 6 nitrogen and oxygen atoms in total. The molecule has 0 N–H and O–H groups in total. The van der Waals surface area contributed by atoms with Crippen molar-refractivity contribution >= 4 is 12.0 Å². The maximum atomic E-state index is 10.5. The highest BCUT2D eigenvalue weighted by Gasteiger charge is 2.03. The average Bonchev–Trinajstić information content (AvgIpc) is 2.28. The number of hydrogen-bond donors (Lipinski definition) is 0. The van der Waals surface area contributed by atoms with Crippen LogP contribution in [0.3, 0.4) is 0 Å². The molecule has 0 saturated carbocycles. The Morgan fingerprint density at radius 3 is 2.35 bits per heavy atom. The van der Waals surface area contributed by atoms with E-state index >= 15 is 0 Å². The van der Waals surface area contributed by atoms with E-state index < -0.39 is 10.9 Å². The van der Waals surface area contributed by atoms with E-state index in [1.165, 1.54) is 19.9 Å². The molecule has 0 fully saturated rings. The summed E-state index contributed by atoms with van der Waals surface area (Å²) in [5.74, 6) is -0.214. The molecule has 0 bridgehead atoms. The Balaban J connectivity index is 2.71. The molecule has 17 heavy (non-hydrogen) atoms. The van der Waals surface area contributed by atoms with Crippen LogP contribution in [-0.4, -0.2) is 10.9 Å². The molecular weight excluding hydrogens is 226 g/mol. The van der Waals surface area contributed by atoms with E-state index in [9.17, 15) is 14.9 Å². The van der Waals surface area contributed by atoms with Gasteiger partial charge in [0.15, 0.2) is 5.75 Å². The van der Waals surface area contributed by atoms with Crippen molar-refractivity contribution in [3.8, 4) is 5.75 Å². The Kier molecular flexibility index (Phi) is 4.21. The summed E-state index contributed by atoms with van der Waals surface area (Å²) in [7, 11) is 0. The van der Waals surface area contributed by atoms with Gasteiger partial charge in [-0.1, -0.05) is 12.1 Å². The third kappa shape index (κ3) is 4.33. The normalized spacial score (nSPS) is 10.8. The zero-order valence-corrected chi connectivity index (χ0v) is 9.38. The Hall–Kier alpha value is -2.37. The first kappa shape index (κ1) is 12.7. The van der Waals surface area contributed by atoms with Crippen LogP contribution in [0.1, 0.15) is 19.4 Å². The molecule has 0 unspecified atom stereocenters. The molecule has 90 valence electrons. The van der Waals surface area contributed by atoms with Crippen molar-refractivity contribution in [1.82, 2.24) is 0 Å². The quantitative estimate of drug-likeness (QED) is 0.455. The highest BCUT2D eigenvalue weighted by molar-refractivity contribution is 5.65. The van der Waals surface area contributed by atoms with Gasteiger partial charge < -0.3 is 0 Å². The summed E-state index contributed by atoms with van der Waals surface area (Å²) in [6, 6.07) is 6.32. The van der Waals surface area contributed by atoms with Crippen LogP contribution < -0.4 is 4.89 Å². The summed E-state index contributed by atoms with van der Waals surface area (Å²) in [5, 5.41) is 10.4. The van der Waals surface area contributed by atoms with Crippen molar-refractivity contribution < 1.29 is 19.5 Å². The van der Waals surface area contributed by atoms with Crippen LogP contribution in [0.2, 0.25) is 0 Å². The van der Waals surface area contributed by atoms with E-state index in [1.807, 2.05) is 0 Å². The standard InChI is InChI=1S/C11H11NO5/c1-8(12(14)15)7-10-3-5-11(6-4-10)17-16-9(2)13/h3-7H,1-2H3/b8-7+. The minimum absolute atomic E-state index is 0.0404. The predicted octanol–water partition coefficient (Wildman–Crippen LogP) is 2.18. The van der Waals surface area contributed by atoms with Gasteiger partial charge in [0, 0.05) is 19.9 Å². The van der Waals surface area contributed by atoms with Crippen molar-refractivity contribution in [3.63, 3.8) is 0 Å². The van der Waals surface area contributed by atoms with Gasteiger partial charge >= 0.3 is 5.97 Å². The SMILES string of the molecule is CC(=O)OOc1ccc(/C=C(\C)[N+](=O)[O-])cc1. The number of hydrogen-bond acceptors (Lipinski definition) is 5. The van der Waals surface area contributed by atoms with Gasteiger partial charge in [0.1, 0.15) is 0 Å². The summed E-state index contributed by atoms with van der Waals surface area (Å²) < 4.78 is 0. The molecule has 0 atom stereocenters. The van der Waals surface area contributed by atoms with E-state index in [0.717, 1.165) is 0 Å². The number of nitro groups is 1. The van der Waals surface area contributed by atoms with Gasteiger partial charge in [0.05, 0.1) is 4.92 Å². The number of nitrogens with zero attached hydrogens (tertiary/aromatic N) is 1. The Morgan fingerprint density at radius 2 is 1.88 bits per heavy atom. The van der Waals surface area contributed by atoms with Gasteiger partial charge in [-0.25, -0.2) is 4.79 Å². The molecule has 0 aromatic heterocycles. The van der Waals surface area contributed by atoms with E-state index in [0.29, 0.717) is 11.3 Å². The Labute approximate surface area is 97.5 Å². The topological polar surface area (TPSA) is 78.7 Å². The summed E-state index contributed by atoms with van der Waals surface area (Å²) in [4.78, 5) is 29.4. The fraction of sp³-hybridized carbons (Fsp3) is 0.182. The maximum absolute atomic E-state index is 10.5. The van der Waals surface area contributed by atoms with Gasteiger partial charge in [-0.3, -0.25) is 19.9 Å². The summed E-state index contributed by atoms with van der Waals surface area (Å²) in [6.07, 6.45) is 1.43. The third-order valence-corrected chi connectivity index (χ3v) is 1.80. The van der Waals surface area contributed by atoms with Crippen LogP contribution in [0.5, 0.6) is 5.75 Å². The Morgan fingerprint density at radius 1 is 1.29 bits per heavy atom. The lowest BCUT2D eigenvalue weighted by Crippen LogP contribution is -2.02. The monoisotopic (exact) mass is 237 g/mol. The second-order valence-electron chi connectivity index (χ2n) is 3.27. The smallest absolute Gasteiger partial charge is 0.287 e. The Bertz CT molecular complexity index is 449. The van der Waals surface area contributed by atoms with Crippen molar-refractivity contribution in [2.45, 2.75) is 13.8 Å². The molecule has 0 radical (unpaired) electrons. The van der Waals surface area contributed by atoms with Gasteiger partial charge in [-0.05, 0) is 17.7 Å². The average molecular weight is 237 g/mol. The zero-order chi connectivity index (χ0) is 12.8. The molecule has 0 aliphatic rings.